The number of anilines is 3. The number of piperazine rings is 1. The van der Waals surface area contributed by atoms with Gasteiger partial charge in [0.2, 0.25) is 5.95 Å². The summed E-state index contributed by atoms with van der Waals surface area (Å²) in [6.45, 7) is 9.17. The summed E-state index contributed by atoms with van der Waals surface area (Å²) in [6, 6.07) is 2.63. The Balaban J connectivity index is 1.07. The highest BCUT2D eigenvalue weighted by Gasteiger charge is 2.22. The zero-order chi connectivity index (χ0) is 28.0. The monoisotopic (exact) mass is 580 g/mol. The van der Waals surface area contributed by atoms with E-state index in [1.807, 2.05) is 6.07 Å². The quantitative estimate of drug-likeness (QED) is 0.127. The summed E-state index contributed by atoms with van der Waals surface area (Å²) in [7, 11) is -2.25. The predicted octanol–water partition coefficient (Wildman–Crippen LogP) is 2.92. The molecule has 1 saturated heterocycles. The van der Waals surface area contributed by atoms with Crippen LogP contribution in [-0.4, -0.2) is 96.2 Å². The molecule has 12 heteroatoms. The minimum absolute atomic E-state index is 0.368. The fraction of sp³-hybridized carbons (Fsp3) is 0.857. The first kappa shape index (κ1) is 31.6. The molecule has 7 N–H and O–H groups in total. The van der Waals surface area contributed by atoms with Crippen molar-refractivity contribution >= 4 is 26.2 Å². The van der Waals surface area contributed by atoms with Crippen LogP contribution in [0.5, 0.6) is 0 Å². The van der Waals surface area contributed by atoms with Gasteiger partial charge < -0.3 is 40.9 Å². The minimum Gasteiger partial charge on any atom is -0.383 e. The van der Waals surface area contributed by atoms with Gasteiger partial charge in [-0.25, -0.2) is 0 Å². The summed E-state index contributed by atoms with van der Waals surface area (Å²) in [4.78, 5) is 31.6. The van der Waals surface area contributed by atoms with E-state index in [1.165, 1.54) is 64.2 Å². The molecule has 2 saturated carbocycles. The molecule has 40 heavy (non-hydrogen) atoms. The Hall–Kier alpha value is -1.33. The van der Waals surface area contributed by atoms with E-state index in [9.17, 15) is 0 Å². The van der Waals surface area contributed by atoms with Crippen molar-refractivity contribution in [2.75, 3.05) is 81.5 Å². The van der Waals surface area contributed by atoms with Crippen molar-refractivity contribution in [1.29, 1.82) is 0 Å². The van der Waals surface area contributed by atoms with Crippen molar-refractivity contribution in [3.05, 3.63) is 6.07 Å². The first-order valence-electron chi connectivity index (χ1n) is 15.7. The lowest BCUT2D eigenvalue weighted by Gasteiger charge is -2.35. The summed E-state index contributed by atoms with van der Waals surface area (Å²) in [5.41, 5.74) is 6.15. The number of hydrogen-bond acceptors (Lipinski definition) is 11. The van der Waals surface area contributed by atoms with E-state index in [1.54, 1.807) is 0 Å². The average Bonchev–Trinajstić information content (AvgIpc) is 2.97. The van der Waals surface area contributed by atoms with Crippen LogP contribution in [0.25, 0.3) is 0 Å². The third-order valence-electron chi connectivity index (χ3n) is 8.77. The molecule has 1 aliphatic heterocycles. The lowest BCUT2D eigenvalue weighted by molar-refractivity contribution is 0.209. The van der Waals surface area contributed by atoms with Crippen LogP contribution in [0.15, 0.2) is 6.07 Å². The summed E-state index contributed by atoms with van der Waals surface area (Å²) in [5.74, 6) is 3.47. The molecule has 2 aliphatic carbocycles. The maximum atomic E-state index is 8.84. The van der Waals surface area contributed by atoms with Crippen LogP contribution in [-0.2, 0) is 4.52 Å². The highest BCUT2D eigenvalue weighted by Crippen LogP contribution is 2.29. The Morgan fingerprint density at radius 2 is 1.62 bits per heavy atom. The Morgan fingerprint density at radius 1 is 0.900 bits per heavy atom. The van der Waals surface area contributed by atoms with Crippen LogP contribution >= 0.6 is 8.60 Å². The van der Waals surface area contributed by atoms with Crippen molar-refractivity contribution < 1.29 is 14.3 Å². The van der Waals surface area contributed by atoms with Crippen molar-refractivity contribution in [3.63, 3.8) is 0 Å². The molecule has 3 aliphatic rings. The summed E-state index contributed by atoms with van der Waals surface area (Å²) in [5, 5.41) is 10.9. The molecule has 1 aromatic heterocycles. The first-order valence-corrected chi connectivity index (χ1v) is 16.8. The molecule has 11 nitrogen and oxygen atoms in total. The van der Waals surface area contributed by atoms with Crippen LogP contribution < -0.4 is 26.6 Å². The standard InChI is InChI=1S/C28H53N8O3P/c29-26-20-27(36-17-15-35(16-18-36)14-5-19-39-40(37)38)34-28(33-26)32-22-24-10-8-23(9-11-24)21-30-12-4-13-31-25-6-2-1-3-7-25/h20,23-25,30-31,37-38H,1-19,21-22H2,(H3,29,32,33,34)/t23-,24-. The van der Waals surface area contributed by atoms with E-state index in [0.717, 1.165) is 83.1 Å². The van der Waals surface area contributed by atoms with Gasteiger partial charge in [-0.3, -0.25) is 4.90 Å². The normalized spacial score (nSPS) is 23.1. The fourth-order valence-electron chi connectivity index (χ4n) is 6.34. The van der Waals surface area contributed by atoms with Gasteiger partial charge in [-0.2, -0.15) is 9.97 Å². The summed E-state index contributed by atoms with van der Waals surface area (Å²) in [6.07, 6.45) is 14.1. The van der Waals surface area contributed by atoms with Crippen LogP contribution in [0.3, 0.4) is 0 Å². The molecule has 0 radical (unpaired) electrons. The molecule has 2 heterocycles. The van der Waals surface area contributed by atoms with E-state index in [4.69, 9.17) is 25.0 Å². The maximum Gasteiger partial charge on any atom is 0.327 e. The molecule has 0 atom stereocenters. The molecule has 4 rings (SSSR count). The van der Waals surface area contributed by atoms with Crippen LogP contribution in [0.1, 0.15) is 70.6 Å². The molecular formula is C28H53N8O3P. The van der Waals surface area contributed by atoms with Gasteiger partial charge >= 0.3 is 8.60 Å². The topological polar surface area (TPSA) is 144 Å². The van der Waals surface area contributed by atoms with E-state index in [2.05, 4.69) is 30.7 Å². The smallest absolute Gasteiger partial charge is 0.327 e. The summed E-state index contributed by atoms with van der Waals surface area (Å²) >= 11 is 0. The van der Waals surface area contributed by atoms with Gasteiger partial charge in [0.25, 0.3) is 0 Å². The number of aromatic nitrogens is 2. The van der Waals surface area contributed by atoms with E-state index in [-0.39, 0.29) is 0 Å². The Morgan fingerprint density at radius 3 is 2.35 bits per heavy atom. The average molecular weight is 581 g/mol. The van der Waals surface area contributed by atoms with E-state index >= 15 is 0 Å². The van der Waals surface area contributed by atoms with Gasteiger partial charge in [0.15, 0.2) is 0 Å². The lowest BCUT2D eigenvalue weighted by atomic mass is 9.82. The molecule has 0 bridgehead atoms. The Labute approximate surface area is 242 Å². The first-order chi connectivity index (χ1) is 19.5. The second-order valence-corrected chi connectivity index (χ2v) is 12.6. The third-order valence-corrected chi connectivity index (χ3v) is 9.18. The molecule has 0 unspecified atom stereocenters. The fourth-order valence-corrected chi connectivity index (χ4v) is 6.63. The molecule has 0 amide bonds. The number of nitrogens with one attached hydrogen (secondary N) is 3. The van der Waals surface area contributed by atoms with E-state index in [0.29, 0.717) is 24.3 Å². The van der Waals surface area contributed by atoms with Crippen LogP contribution in [0.2, 0.25) is 0 Å². The molecule has 0 aromatic carbocycles. The third kappa shape index (κ3) is 11.5. The minimum atomic E-state index is -2.25. The second kappa shape index (κ2) is 17.6. The van der Waals surface area contributed by atoms with Crippen molar-refractivity contribution in [3.8, 4) is 0 Å². The zero-order valence-corrected chi connectivity index (χ0v) is 25.2. The second-order valence-electron chi connectivity index (χ2n) is 11.9. The molecule has 1 aromatic rings. The van der Waals surface area contributed by atoms with Gasteiger partial charge in [-0.15, -0.1) is 0 Å². The zero-order valence-electron chi connectivity index (χ0n) is 24.3. The molecular weight excluding hydrogens is 527 g/mol. The van der Waals surface area contributed by atoms with Crippen LogP contribution in [0, 0.1) is 11.8 Å². The van der Waals surface area contributed by atoms with Gasteiger partial charge in [0.05, 0.1) is 6.61 Å². The molecule has 3 fully saturated rings. The highest BCUT2D eigenvalue weighted by molar-refractivity contribution is 7.39. The van der Waals surface area contributed by atoms with Crippen molar-refractivity contribution in [1.82, 2.24) is 25.5 Å². The van der Waals surface area contributed by atoms with Gasteiger partial charge in [0.1, 0.15) is 11.6 Å². The maximum absolute atomic E-state index is 8.84. The molecule has 0 spiro atoms. The summed E-state index contributed by atoms with van der Waals surface area (Å²) < 4.78 is 4.86. The van der Waals surface area contributed by atoms with Crippen LogP contribution in [0.4, 0.5) is 17.6 Å². The number of rotatable bonds is 16. The van der Waals surface area contributed by atoms with Gasteiger partial charge in [-0.05, 0) is 82.8 Å². The lowest BCUT2D eigenvalue weighted by Crippen LogP contribution is -2.47. The van der Waals surface area contributed by atoms with E-state index < -0.39 is 8.60 Å². The van der Waals surface area contributed by atoms with Gasteiger partial charge in [0, 0.05) is 51.4 Å². The number of hydrogen-bond donors (Lipinski definition) is 6. The van der Waals surface area contributed by atoms with Gasteiger partial charge in [-0.1, -0.05) is 19.3 Å². The highest BCUT2D eigenvalue weighted by atomic mass is 31.2. The molecule has 228 valence electrons. The Kier molecular flexibility index (Phi) is 13.9. The largest absolute Gasteiger partial charge is 0.383 e. The predicted molar refractivity (Wildman–Crippen MR) is 163 cm³/mol. The number of nitrogens with zero attached hydrogens (tertiary/aromatic N) is 4. The number of nitrogens with two attached hydrogens (primary N) is 1. The van der Waals surface area contributed by atoms with Crippen molar-refractivity contribution in [2.45, 2.75) is 76.7 Å². The number of nitrogen functional groups attached to an aromatic ring is 1. The van der Waals surface area contributed by atoms with Crippen molar-refractivity contribution in [2.24, 2.45) is 11.8 Å². The Bertz CT molecular complexity index is 832. The SMILES string of the molecule is Nc1cc(N2CCN(CCCOP(O)O)CC2)nc(NC[C@H]2CC[C@H](CNCCCNC3CCCCC3)CC2)n1.